The third kappa shape index (κ3) is 2.31. The van der Waals surface area contributed by atoms with Crippen LogP contribution in [0, 0.1) is 0 Å². The summed E-state index contributed by atoms with van der Waals surface area (Å²) >= 11 is 0. The molecule has 0 saturated carbocycles. The van der Waals surface area contributed by atoms with Crippen LogP contribution in [0.5, 0.6) is 0 Å². The number of aromatic nitrogens is 2. The van der Waals surface area contributed by atoms with Crippen LogP contribution < -0.4 is 16.6 Å². The Morgan fingerprint density at radius 1 is 0.947 bits per heavy atom. The van der Waals surface area contributed by atoms with E-state index in [-0.39, 0.29) is 0 Å². The van der Waals surface area contributed by atoms with Crippen LogP contribution in [0.2, 0.25) is 0 Å². The molecule has 0 atom stereocenters. The highest BCUT2D eigenvalue weighted by Gasteiger charge is 2.02. The summed E-state index contributed by atoms with van der Waals surface area (Å²) < 4.78 is 0. The maximum absolute atomic E-state index is 5.35. The van der Waals surface area contributed by atoms with Gasteiger partial charge in [0.1, 0.15) is 5.82 Å². The van der Waals surface area contributed by atoms with Gasteiger partial charge in [0.05, 0.1) is 11.2 Å². The number of nitrogen functional groups attached to an aromatic ring is 1. The van der Waals surface area contributed by atoms with Gasteiger partial charge in [0.25, 0.3) is 0 Å². The number of nitrogens with two attached hydrogens (primary N) is 1. The Bertz CT molecular complexity index is 706. The zero-order valence-electron chi connectivity index (χ0n) is 10.2. The minimum atomic E-state index is 0.609. The van der Waals surface area contributed by atoms with Crippen molar-refractivity contribution in [2.45, 2.75) is 0 Å². The molecule has 0 radical (unpaired) electrons. The van der Waals surface area contributed by atoms with Gasteiger partial charge in [0.2, 0.25) is 0 Å². The van der Waals surface area contributed by atoms with Crippen molar-refractivity contribution in [1.29, 1.82) is 0 Å². The van der Waals surface area contributed by atoms with Gasteiger partial charge < -0.3 is 10.7 Å². The second-order valence-corrected chi connectivity index (χ2v) is 4.08. The van der Waals surface area contributed by atoms with Crippen LogP contribution >= 0.6 is 0 Å². The summed E-state index contributed by atoms with van der Waals surface area (Å²) in [4.78, 5) is 8.47. The second kappa shape index (κ2) is 4.91. The summed E-state index contributed by atoms with van der Waals surface area (Å²) in [7, 11) is 0. The number of fused-ring (bicyclic) bond motifs is 1. The lowest BCUT2D eigenvalue weighted by molar-refractivity contribution is 1.23. The summed E-state index contributed by atoms with van der Waals surface area (Å²) in [5.41, 5.74) is 5.31. The maximum atomic E-state index is 5.35. The molecule has 5 heteroatoms. The van der Waals surface area contributed by atoms with Crippen LogP contribution in [0.3, 0.4) is 0 Å². The van der Waals surface area contributed by atoms with Crippen molar-refractivity contribution in [1.82, 2.24) is 9.97 Å². The molecule has 3 aromatic rings. The molecule has 3 rings (SSSR count). The third-order valence-electron chi connectivity index (χ3n) is 2.82. The molecule has 0 aliphatic carbocycles. The number of nitrogens with one attached hydrogen (secondary N) is 2. The predicted octanol–water partition coefficient (Wildman–Crippen LogP) is 2.66. The maximum Gasteiger partial charge on any atom is 0.141 e. The van der Waals surface area contributed by atoms with Gasteiger partial charge in [-0.1, -0.05) is 18.2 Å². The Morgan fingerprint density at radius 2 is 1.84 bits per heavy atom. The van der Waals surface area contributed by atoms with Crippen LogP contribution in [0.25, 0.3) is 10.9 Å². The van der Waals surface area contributed by atoms with Gasteiger partial charge in [-0.25, -0.2) is 10.8 Å². The molecule has 19 heavy (non-hydrogen) atoms. The molecule has 5 nitrogen and oxygen atoms in total. The molecule has 2 aromatic heterocycles. The van der Waals surface area contributed by atoms with Crippen LogP contribution in [0.15, 0.2) is 54.9 Å². The highest BCUT2D eigenvalue weighted by atomic mass is 15.2. The molecule has 0 saturated heterocycles. The fraction of sp³-hybridized carbons (Fsp3) is 0. The molecule has 2 heterocycles. The SMILES string of the molecule is NNc1cc(Nc2cccc3cccnc23)ccn1. The quantitative estimate of drug-likeness (QED) is 0.493. The number of pyridine rings is 2. The lowest BCUT2D eigenvalue weighted by Gasteiger charge is -2.09. The number of hydrogen-bond donors (Lipinski definition) is 3. The van der Waals surface area contributed by atoms with E-state index < -0.39 is 0 Å². The topological polar surface area (TPSA) is 75.9 Å². The molecule has 0 bridgehead atoms. The van der Waals surface area contributed by atoms with Gasteiger partial charge in [0, 0.05) is 29.5 Å². The number of rotatable bonds is 3. The number of para-hydroxylation sites is 1. The van der Waals surface area contributed by atoms with E-state index in [1.807, 2.05) is 42.5 Å². The fourth-order valence-electron chi connectivity index (χ4n) is 1.95. The van der Waals surface area contributed by atoms with Crippen LogP contribution in [0.4, 0.5) is 17.2 Å². The van der Waals surface area contributed by atoms with Gasteiger partial charge in [-0.2, -0.15) is 0 Å². The smallest absolute Gasteiger partial charge is 0.141 e. The minimum absolute atomic E-state index is 0.609. The third-order valence-corrected chi connectivity index (χ3v) is 2.82. The van der Waals surface area contributed by atoms with Crippen LogP contribution in [0.1, 0.15) is 0 Å². The Kier molecular flexibility index (Phi) is 2.96. The first-order valence-electron chi connectivity index (χ1n) is 5.90. The van der Waals surface area contributed by atoms with E-state index in [0.29, 0.717) is 5.82 Å². The molecule has 4 N–H and O–H groups in total. The molecule has 94 valence electrons. The van der Waals surface area contributed by atoms with Crippen LogP contribution in [-0.4, -0.2) is 9.97 Å². The number of nitrogens with zero attached hydrogens (tertiary/aromatic N) is 2. The van der Waals surface area contributed by atoms with Gasteiger partial charge in [-0.3, -0.25) is 4.98 Å². The van der Waals surface area contributed by atoms with Crippen LogP contribution in [-0.2, 0) is 0 Å². The van der Waals surface area contributed by atoms with Gasteiger partial charge >= 0.3 is 0 Å². The minimum Gasteiger partial charge on any atom is -0.354 e. The predicted molar refractivity (Wildman–Crippen MR) is 77.1 cm³/mol. The number of hydrazine groups is 1. The van der Waals surface area contributed by atoms with Gasteiger partial charge in [-0.15, -0.1) is 0 Å². The van der Waals surface area contributed by atoms with Crippen molar-refractivity contribution < 1.29 is 0 Å². The van der Waals surface area contributed by atoms with Gasteiger partial charge in [-0.05, 0) is 18.2 Å². The Morgan fingerprint density at radius 3 is 2.74 bits per heavy atom. The van der Waals surface area contributed by atoms with E-state index in [9.17, 15) is 0 Å². The fourth-order valence-corrected chi connectivity index (χ4v) is 1.95. The lowest BCUT2D eigenvalue weighted by atomic mass is 10.2. The molecule has 0 aliphatic heterocycles. The Hall–Kier alpha value is -2.66. The van der Waals surface area contributed by atoms with E-state index in [0.717, 1.165) is 22.3 Å². The molecule has 0 aliphatic rings. The van der Waals surface area contributed by atoms with E-state index in [1.54, 1.807) is 12.4 Å². The van der Waals surface area contributed by atoms with E-state index in [4.69, 9.17) is 5.84 Å². The van der Waals surface area contributed by atoms with Crippen molar-refractivity contribution >= 4 is 28.1 Å². The van der Waals surface area contributed by atoms with E-state index in [1.165, 1.54) is 0 Å². The number of anilines is 3. The summed E-state index contributed by atoms with van der Waals surface area (Å²) in [5, 5.41) is 4.42. The molecule has 0 fully saturated rings. The highest BCUT2D eigenvalue weighted by molar-refractivity contribution is 5.92. The first kappa shape index (κ1) is 11.4. The second-order valence-electron chi connectivity index (χ2n) is 4.08. The normalized spacial score (nSPS) is 10.4. The summed E-state index contributed by atoms with van der Waals surface area (Å²) in [6, 6.07) is 13.7. The average molecular weight is 251 g/mol. The summed E-state index contributed by atoms with van der Waals surface area (Å²) in [6.07, 6.45) is 3.48. The standard InChI is InChI=1S/C14H13N5/c15-19-13-9-11(6-8-16-13)18-12-5-1-3-10-4-2-7-17-14(10)12/h1-9H,15H2,(H2,16,18,19). The number of benzene rings is 1. The number of hydrogen-bond acceptors (Lipinski definition) is 5. The first-order chi connectivity index (χ1) is 9.36. The zero-order valence-corrected chi connectivity index (χ0v) is 10.2. The Labute approximate surface area is 110 Å². The van der Waals surface area contributed by atoms with Crippen molar-refractivity contribution in [3.05, 3.63) is 54.9 Å². The molecule has 0 unspecified atom stereocenters. The van der Waals surface area contributed by atoms with Crippen molar-refractivity contribution in [3.8, 4) is 0 Å². The first-order valence-corrected chi connectivity index (χ1v) is 5.90. The van der Waals surface area contributed by atoms with Crippen molar-refractivity contribution in [2.75, 3.05) is 10.7 Å². The lowest BCUT2D eigenvalue weighted by Crippen LogP contribution is -2.08. The average Bonchev–Trinajstić information content (AvgIpc) is 2.48. The molecule has 0 spiro atoms. The van der Waals surface area contributed by atoms with Crippen molar-refractivity contribution in [2.24, 2.45) is 5.84 Å². The van der Waals surface area contributed by atoms with Crippen molar-refractivity contribution in [3.63, 3.8) is 0 Å². The monoisotopic (exact) mass is 251 g/mol. The molecule has 0 amide bonds. The largest absolute Gasteiger partial charge is 0.354 e. The van der Waals surface area contributed by atoms with E-state index >= 15 is 0 Å². The summed E-state index contributed by atoms with van der Waals surface area (Å²) in [6.45, 7) is 0. The Balaban J connectivity index is 2.01. The summed E-state index contributed by atoms with van der Waals surface area (Å²) in [5.74, 6) is 5.96. The molecule has 1 aromatic carbocycles. The molecular formula is C14H13N5. The highest BCUT2D eigenvalue weighted by Crippen LogP contribution is 2.24. The van der Waals surface area contributed by atoms with E-state index in [2.05, 4.69) is 20.7 Å². The zero-order chi connectivity index (χ0) is 13.1. The van der Waals surface area contributed by atoms with Gasteiger partial charge in [0.15, 0.2) is 0 Å². The molecular weight excluding hydrogens is 238 g/mol.